The first kappa shape index (κ1) is 32.7. The highest BCUT2D eigenvalue weighted by Crippen LogP contribution is 2.54. The fourth-order valence-electron chi connectivity index (χ4n) is 8.71. The molecule has 2 aromatic heterocycles. The Hall–Kier alpha value is -6.75. The Kier molecular flexibility index (Phi) is 7.38. The van der Waals surface area contributed by atoms with E-state index in [1.54, 1.807) is 0 Å². The Morgan fingerprint density at radius 1 is 0.375 bits per heavy atom. The lowest BCUT2D eigenvalue weighted by Crippen LogP contribution is -2.15. The van der Waals surface area contributed by atoms with Crippen LogP contribution in [0.1, 0.15) is 25.0 Å². The molecule has 1 aliphatic carbocycles. The number of benzene rings is 8. The SMILES string of the molecule is CC1(C)c2ccccc2-c2c(-c3ccc4c(c3)sc3ccccc34)cc(-c3nc(-c4ccccc4)nc(-c4cc(-c5ccccc5)c5ccccc5c4)n3)cc21. The third-order valence-corrected chi connectivity index (χ3v) is 12.6. The molecule has 0 radical (unpaired) electrons. The summed E-state index contributed by atoms with van der Waals surface area (Å²) in [6, 6.07) is 63.1. The Morgan fingerprint density at radius 2 is 0.964 bits per heavy atom. The van der Waals surface area contributed by atoms with Crippen molar-refractivity contribution in [2.24, 2.45) is 0 Å². The first-order valence-corrected chi connectivity index (χ1v) is 19.9. The van der Waals surface area contributed by atoms with Gasteiger partial charge in [0.2, 0.25) is 0 Å². The third-order valence-electron chi connectivity index (χ3n) is 11.5. The average molecular weight is 734 g/mol. The molecule has 2 heterocycles. The zero-order valence-corrected chi connectivity index (χ0v) is 31.8. The van der Waals surface area contributed by atoms with E-state index in [2.05, 4.69) is 172 Å². The van der Waals surface area contributed by atoms with E-state index in [0.717, 1.165) is 33.2 Å². The molecule has 56 heavy (non-hydrogen) atoms. The average Bonchev–Trinajstić information content (AvgIpc) is 3.74. The Labute approximate surface area is 329 Å². The predicted molar refractivity (Wildman–Crippen MR) is 235 cm³/mol. The maximum Gasteiger partial charge on any atom is 0.164 e. The highest BCUT2D eigenvalue weighted by molar-refractivity contribution is 7.25. The summed E-state index contributed by atoms with van der Waals surface area (Å²) in [5.74, 6) is 1.95. The van der Waals surface area contributed by atoms with Crippen LogP contribution in [0.2, 0.25) is 0 Å². The van der Waals surface area contributed by atoms with E-state index in [1.807, 2.05) is 29.5 Å². The molecule has 10 aromatic rings. The molecule has 8 aromatic carbocycles. The zero-order chi connectivity index (χ0) is 37.4. The van der Waals surface area contributed by atoms with E-state index < -0.39 is 0 Å². The molecule has 0 saturated heterocycles. The van der Waals surface area contributed by atoms with E-state index in [1.165, 1.54) is 58.9 Å². The van der Waals surface area contributed by atoms with Crippen LogP contribution >= 0.6 is 11.3 Å². The minimum Gasteiger partial charge on any atom is -0.208 e. The summed E-state index contributed by atoms with van der Waals surface area (Å²) in [5, 5.41) is 4.94. The van der Waals surface area contributed by atoms with Gasteiger partial charge in [-0.1, -0.05) is 153 Å². The van der Waals surface area contributed by atoms with Gasteiger partial charge in [0.05, 0.1) is 0 Å². The van der Waals surface area contributed by atoms with Gasteiger partial charge in [-0.25, -0.2) is 15.0 Å². The summed E-state index contributed by atoms with van der Waals surface area (Å²) in [6.07, 6.45) is 0. The molecule has 11 rings (SSSR count). The predicted octanol–water partition coefficient (Wildman–Crippen LogP) is 14.0. The lowest BCUT2D eigenvalue weighted by atomic mass is 9.81. The van der Waals surface area contributed by atoms with Crippen molar-refractivity contribution in [1.82, 2.24) is 15.0 Å². The highest BCUT2D eigenvalue weighted by atomic mass is 32.1. The Balaban J connectivity index is 1.17. The van der Waals surface area contributed by atoms with Crippen LogP contribution in [0.15, 0.2) is 176 Å². The summed E-state index contributed by atoms with van der Waals surface area (Å²) < 4.78 is 2.59. The van der Waals surface area contributed by atoms with Crippen LogP contribution in [0.5, 0.6) is 0 Å². The van der Waals surface area contributed by atoms with Gasteiger partial charge in [0.15, 0.2) is 17.5 Å². The monoisotopic (exact) mass is 733 g/mol. The maximum absolute atomic E-state index is 5.36. The summed E-state index contributed by atoms with van der Waals surface area (Å²) in [7, 11) is 0. The minimum atomic E-state index is -0.223. The van der Waals surface area contributed by atoms with Crippen molar-refractivity contribution < 1.29 is 0 Å². The van der Waals surface area contributed by atoms with Gasteiger partial charge >= 0.3 is 0 Å². The fraction of sp³-hybridized carbons (Fsp3) is 0.0577. The molecule has 0 N–H and O–H groups in total. The summed E-state index contributed by atoms with van der Waals surface area (Å²) in [6.45, 7) is 4.68. The number of fused-ring (bicyclic) bond motifs is 7. The van der Waals surface area contributed by atoms with Gasteiger partial charge in [-0.15, -0.1) is 11.3 Å². The van der Waals surface area contributed by atoms with Crippen LogP contribution in [0.4, 0.5) is 0 Å². The van der Waals surface area contributed by atoms with Crippen molar-refractivity contribution in [3.8, 4) is 67.5 Å². The number of nitrogens with zero attached hydrogens (tertiary/aromatic N) is 3. The van der Waals surface area contributed by atoms with E-state index >= 15 is 0 Å². The van der Waals surface area contributed by atoms with Crippen molar-refractivity contribution in [1.29, 1.82) is 0 Å². The molecule has 0 unspecified atom stereocenters. The van der Waals surface area contributed by atoms with Crippen molar-refractivity contribution in [2.75, 3.05) is 0 Å². The van der Waals surface area contributed by atoms with Gasteiger partial charge in [0, 0.05) is 42.3 Å². The van der Waals surface area contributed by atoms with E-state index in [9.17, 15) is 0 Å². The first-order valence-electron chi connectivity index (χ1n) is 19.1. The van der Waals surface area contributed by atoms with E-state index in [4.69, 9.17) is 15.0 Å². The molecular weight excluding hydrogens is 699 g/mol. The van der Waals surface area contributed by atoms with Gasteiger partial charge in [-0.2, -0.15) is 0 Å². The second kappa shape index (κ2) is 12.7. The van der Waals surface area contributed by atoms with Crippen molar-refractivity contribution in [3.05, 3.63) is 187 Å². The van der Waals surface area contributed by atoms with Crippen LogP contribution < -0.4 is 0 Å². The normalized spacial score (nSPS) is 13.0. The van der Waals surface area contributed by atoms with Crippen molar-refractivity contribution in [3.63, 3.8) is 0 Å². The van der Waals surface area contributed by atoms with Gasteiger partial charge in [0.1, 0.15) is 0 Å². The topological polar surface area (TPSA) is 38.7 Å². The van der Waals surface area contributed by atoms with Crippen LogP contribution in [0.25, 0.3) is 98.5 Å². The number of rotatable bonds is 5. The highest BCUT2D eigenvalue weighted by Gasteiger charge is 2.37. The quantitative estimate of drug-likeness (QED) is 0.177. The molecule has 264 valence electrons. The zero-order valence-electron chi connectivity index (χ0n) is 31.0. The fourth-order valence-corrected chi connectivity index (χ4v) is 9.86. The molecule has 3 nitrogen and oxygen atoms in total. The lowest BCUT2D eigenvalue weighted by molar-refractivity contribution is 0.660. The van der Waals surface area contributed by atoms with Crippen molar-refractivity contribution in [2.45, 2.75) is 19.3 Å². The van der Waals surface area contributed by atoms with Crippen molar-refractivity contribution >= 4 is 42.3 Å². The Morgan fingerprint density at radius 3 is 1.75 bits per heavy atom. The molecule has 0 amide bonds. The second-order valence-corrected chi connectivity index (χ2v) is 16.3. The maximum atomic E-state index is 5.36. The van der Waals surface area contributed by atoms with Crippen LogP contribution in [0.3, 0.4) is 0 Å². The van der Waals surface area contributed by atoms with E-state index in [0.29, 0.717) is 17.5 Å². The lowest BCUT2D eigenvalue weighted by Gasteiger charge is -2.23. The van der Waals surface area contributed by atoms with Crippen LogP contribution in [-0.2, 0) is 5.41 Å². The number of thiophene rings is 1. The standard InChI is InChI=1S/C52H35N3S/c1-52(2)44-23-13-11-22-41(44)48-43(35-25-26-40-39-21-12-14-24-46(39)56-47(40)31-35)29-37(30-45(48)52)51-54-49(33-17-7-4-8-18-33)53-50(55-51)36-27-34-19-9-10-20-38(34)42(28-36)32-15-5-3-6-16-32/h3-31H,1-2H3. The number of hydrogen-bond acceptors (Lipinski definition) is 4. The largest absolute Gasteiger partial charge is 0.208 e. The summed E-state index contributed by atoms with van der Waals surface area (Å²) in [4.78, 5) is 15.8. The van der Waals surface area contributed by atoms with E-state index in [-0.39, 0.29) is 5.41 Å². The number of aromatic nitrogens is 3. The molecular formula is C52H35N3S. The van der Waals surface area contributed by atoms with Crippen LogP contribution in [0, 0.1) is 0 Å². The summed E-state index contributed by atoms with van der Waals surface area (Å²) in [5.41, 5.74) is 12.5. The summed E-state index contributed by atoms with van der Waals surface area (Å²) >= 11 is 1.86. The van der Waals surface area contributed by atoms with Gasteiger partial charge < -0.3 is 0 Å². The van der Waals surface area contributed by atoms with Gasteiger partial charge in [0.25, 0.3) is 0 Å². The molecule has 4 heteroatoms. The second-order valence-electron chi connectivity index (χ2n) is 15.2. The van der Waals surface area contributed by atoms with Crippen LogP contribution in [-0.4, -0.2) is 15.0 Å². The van der Waals surface area contributed by atoms with Gasteiger partial charge in [-0.3, -0.25) is 0 Å². The first-order chi connectivity index (χ1) is 27.5. The molecule has 0 fully saturated rings. The molecule has 0 atom stereocenters. The molecule has 0 saturated carbocycles. The Bertz CT molecular complexity index is 3160. The third kappa shape index (κ3) is 5.21. The van der Waals surface area contributed by atoms with Gasteiger partial charge in [-0.05, 0) is 91.7 Å². The molecule has 0 aliphatic heterocycles. The molecule has 1 aliphatic rings. The molecule has 0 bridgehead atoms. The minimum absolute atomic E-state index is 0.223. The molecule has 0 spiro atoms. The smallest absolute Gasteiger partial charge is 0.164 e. The number of hydrogen-bond donors (Lipinski definition) is 0.